The molecule has 1 saturated heterocycles. The van der Waals surface area contributed by atoms with Crippen LogP contribution in [0.5, 0.6) is 0 Å². The summed E-state index contributed by atoms with van der Waals surface area (Å²) in [6.07, 6.45) is 5.30. The van der Waals surface area contributed by atoms with Crippen molar-refractivity contribution in [2.24, 2.45) is 0 Å². The third-order valence-electron chi connectivity index (χ3n) is 9.35. The van der Waals surface area contributed by atoms with E-state index in [9.17, 15) is 9.59 Å². The van der Waals surface area contributed by atoms with Crippen molar-refractivity contribution in [2.75, 3.05) is 23.7 Å². The molecule has 7 rings (SSSR count). The fraction of sp³-hybridized carbons (Fsp3) is 0.200. The van der Waals surface area contributed by atoms with Gasteiger partial charge in [-0.25, -0.2) is 9.97 Å². The summed E-state index contributed by atoms with van der Waals surface area (Å²) >= 11 is 0. The number of fused-ring (bicyclic) bond motifs is 1. The molecule has 6 aromatic rings. The van der Waals surface area contributed by atoms with Gasteiger partial charge in [-0.15, -0.1) is 0 Å². The van der Waals surface area contributed by atoms with Gasteiger partial charge in [0.05, 0.1) is 12.0 Å². The smallest absolute Gasteiger partial charge is 0.230 e. The van der Waals surface area contributed by atoms with Crippen LogP contribution in [0.25, 0.3) is 22.0 Å². The number of amides is 1. The number of nitrogens with two attached hydrogens (primary N) is 1. The van der Waals surface area contributed by atoms with Crippen LogP contribution in [0.15, 0.2) is 116 Å². The Morgan fingerprint density at radius 3 is 2.23 bits per heavy atom. The molecule has 1 amide bonds. The molecular formula is C40H38N6O2. The fourth-order valence-electron chi connectivity index (χ4n) is 6.71. The van der Waals surface area contributed by atoms with Gasteiger partial charge >= 0.3 is 0 Å². The summed E-state index contributed by atoms with van der Waals surface area (Å²) < 4.78 is 0. The Bertz CT molecular complexity index is 2050. The molecule has 0 bridgehead atoms. The molecule has 0 atom stereocenters. The highest BCUT2D eigenvalue weighted by Crippen LogP contribution is 2.31. The number of aryl methyl sites for hydroxylation is 1. The van der Waals surface area contributed by atoms with Crippen molar-refractivity contribution >= 4 is 39.9 Å². The highest BCUT2D eigenvalue weighted by Gasteiger charge is 2.30. The van der Waals surface area contributed by atoms with Crippen molar-refractivity contribution in [1.82, 2.24) is 19.9 Å². The molecule has 3 heterocycles. The average molecular weight is 635 g/mol. The summed E-state index contributed by atoms with van der Waals surface area (Å²) in [6, 6.07) is 34.1. The van der Waals surface area contributed by atoms with Crippen LogP contribution in [0.2, 0.25) is 0 Å². The Hall–Kier alpha value is -5.76. The Labute approximate surface area is 280 Å². The van der Waals surface area contributed by atoms with E-state index in [0.29, 0.717) is 36.7 Å². The second kappa shape index (κ2) is 13.5. The van der Waals surface area contributed by atoms with Crippen molar-refractivity contribution in [3.63, 3.8) is 0 Å². The number of nitrogen functional groups attached to an aromatic ring is 1. The maximum absolute atomic E-state index is 13.5. The molecule has 48 heavy (non-hydrogen) atoms. The third-order valence-corrected chi connectivity index (χ3v) is 9.35. The van der Waals surface area contributed by atoms with Crippen molar-refractivity contribution in [2.45, 2.75) is 38.6 Å². The number of Topliss-reactive ketones (excluding diaryl/α,β-unsaturated/α-hetero) is 1. The predicted molar refractivity (Wildman–Crippen MR) is 191 cm³/mol. The standard InChI is InChI=1S/C40H38N6O2/c1-27-35(34-14-8-9-15-37(34)44-27)24-39(48)45-20-18-33(19-21-45)46(32-12-6-3-7-13-32)40-42-25-31(26-43-40)38(47)23-30-22-29(16-17-36(30)41)28-10-4-2-5-11-28/h2-17,22,25-26,33,44H,18-21,23-24,41H2,1H3. The van der Waals surface area contributed by atoms with Gasteiger partial charge in [-0.3, -0.25) is 9.59 Å². The lowest BCUT2D eigenvalue weighted by molar-refractivity contribution is -0.131. The van der Waals surface area contributed by atoms with Crippen LogP contribution in [0.3, 0.4) is 0 Å². The molecule has 3 N–H and O–H groups in total. The maximum atomic E-state index is 13.5. The van der Waals surface area contributed by atoms with Crippen LogP contribution in [0, 0.1) is 6.92 Å². The van der Waals surface area contributed by atoms with Gasteiger partial charge in [0.25, 0.3) is 0 Å². The molecule has 4 aromatic carbocycles. The number of rotatable bonds is 9. The zero-order chi connectivity index (χ0) is 33.0. The molecule has 1 aliphatic heterocycles. The van der Waals surface area contributed by atoms with Crippen LogP contribution in [-0.4, -0.2) is 50.7 Å². The number of hydrogen-bond donors (Lipinski definition) is 2. The van der Waals surface area contributed by atoms with E-state index < -0.39 is 0 Å². The lowest BCUT2D eigenvalue weighted by Crippen LogP contribution is -2.46. The second-order valence-corrected chi connectivity index (χ2v) is 12.4. The first-order valence-corrected chi connectivity index (χ1v) is 16.4. The minimum atomic E-state index is -0.0954. The van der Waals surface area contributed by atoms with Gasteiger partial charge in [0.15, 0.2) is 5.78 Å². The number of likely N-dealkylation sites (tertiary alicyclic amines) is 1. The lowest BCUT2D eigenvalue weighted by Gasteiger charge is -2.38. The van der Waals surface area contributed by atoms with Crippen LogP contribution in [-0.2, 0) is 17.6 Å². The number of nitrogens with one attached hydrogen (secondary N) is 1. The zero-order valence-corrected chi connectivity index (χ0v) is 27.0. The normalized spacial score (nSPS) is 13.5. The number of piperidine rings is 1. The summed E-state index contributed by atoms with van der Waals surface area (Å²) in [7, 11) is 0. The first-order chi connectivity index (χ1) is 23.4. The van der Waals surface area contributed by atoms with Gasteiger partial charge in [-0.2, -0.15) is 0 Å². The Balaban J connectivity index is 1.05. The molecule has 8 heteroatoms. The minimum Gasteiger partial charge on any atom is -0.398 e. The van der Waals surface area contributed by atoms with Gasteiger partial charge in [0.2, 0.25) is 11.9 Å². The van der Waals surface area contributed by atoms with E-state index in [0.717, 1.165) is 57.4 Å². The number of H-pyrrole nitrogens is 1. The number of nitrogens with zero attached hydrogens (tertiary/aromatic N) is 4. The molecule has 0 spiro atoms. The summed E-state index contributed by atoms with van der Waals surface area (Å²) in [5.41, 5.74) is 14.3. The third kappa shape index (κ3) is 6.42. The van der Waals surface area contributed by atoms with E-state index in [2.05, 4.69) is 16.0 Å². The van der Waals surface area contributed by atoms with Crippen LogP contribution in [0.4, 0.5) is 17.3 Å². The molecule has 0 radical (unpaired) electrons. The number of carbonyl (C=O) groups is 2. The molecule has 1 fully saturated rings. The van der Waals surface area contributed by atoms with E-state index in [-0.39, 0.29) is 24.2 Å². The molecule has 0 unspecified atom stereocenters. The van der Waals surface area contributed by atoms with Crippen molar-refractivity contribution < 1.29 is 9.59 Å². The number of hydrogen-bond acceptors (Lipinski definition) is 6. The zero-order valence-electron chi connectivity index (χ0n) is 27.0. The Morgan fingerprint density at radius 1 is 0.833 bits per heavy atom. The van der Waals surface area contributed by atoms with E-state index >= 15 is 0 Å². The van der Waals surface area contributed by atoms with Gasteiger partial charge in [0.1, 0.15) is 0 Å². The van der Waals surface area contributed by atoms with Crippen molar-refractivity contribution in [3.05, 3.63) is 138 Å². The summed E-state index contributed by atoms with van der Waals surface area (Å²) in [6.45, 7) is 3.33. The first kappa shape index (κ1) is 30.9. The quantitative estimate of drug-likeness (QED) is 0.128. The summed E-state index contributed by atoms with van der Waals surface area (Å²) in [4.78, 5) is 43.8. The molecule has 0 saturated carbocycles. The lowest BCUT2D eigenvalue weighted by atomic mass is 9.98. The fourth-order valence-corrected chi connectivity index (χ4v) is 6.71. The Kier molecular flexibility index (Phi) is 8.71. The topological polar surface area (TPSA) is 108 Å². The van der Waals surface area contributed by atoms with Crippen LogP contribution < -0.4 is 10.6 Å². The van der Waals surface area contributed by atoms with E-state index in [1.807, 2.05) is 109 Å². The van der Waals surface area contributed by atoms with Crippen molar-refractivity contribution in [3.8, 4) is 11.1 Å². The highest BCUT2D eigenvalue weighted by molar-refractivity contribution is 5.98. The Morgan fingerprint density at radius 2 is 1.50 bits per heavy atom. The number of carbonyl (C=O) groups excluding carboxylic acids is 2. The monoisotopic (exact) mass is 634 g/mol. The summed E-state index contributed by atoms with van der Waals surface area (Å²) in [5, 5.41) is 1.11. The molecule has 2 aromatic heterocycles. The number of benzene rings is 4. The molecule has 240 valence electrons. The molecule has 1 aliphatic rings. The molecule has 0 aliphatic carbocycles. The van der Waals surface area contributed by atoms with Crippen LogP contribution >= 0.6 is 0 Å². The van der Waals surface area contributed by atoms with Crippen molar-refractivity contribution in [1.29, 1.82) is 0 Å². The van der Waals surface area contributed by atoms with Gasteiger partial charge in [-0.05, 0) is 72.4 Å². The van der Waals surface area contributed by atoms with Gasteiger partial charge < -0.3 is 20.5 Å². The maximum Gasteiger partial charge on any atom is 0.230 e. The molecule has 8 nitrogen and oxygen atoms in total. The second-order valence-electron chi connectivity index (χ2n) is 12.4. The minimum absolute atomic E-state index is 0.0911. The first-order valence-electron chi connectivity index (χ1n) is 16.4. The van der Waals surface area contributed by atoms with Gasteiger partial charge in [-0.1, -0.05) is 72.8 Å². The number of para-hydroxylation sites is 2. The average Bonchev–Trinajstić information content (AvgIpc) is 3.45. The molecular weight excluding hydrogens is 596 g/mol. The van der Waals surface area contributed by atoms with Gasteiger partial charge in [0, 0.05) is 65.9 Å². The largest absolute Gasteiger partial charge is 0.398 e. The number of ketones is 1. The predicted octanol–water partition coefficient (Wildman–Crippen LogP) is 7.31. The van der Waals surface area contributed by atoms with E-state index in [1.165, 1.54) is 0 Å². The number of aromatic amines is 1. The van der Waals surface area contributed by atoms with Crippen LogP contribution in [0.1, 0.15) is 40.0 Å². The SMILES string of the molecule is Cc1[nH]c2ccccc2c1CC(=O)N1CCC(N(c2ccccc2)c2ncc(C(=O)Cc3cc(-c4ccccc4)ccc3N)cn2)CC1. The number of anilines is 3. The van der Waals surface area contributed by atoms with E-state index in [4.69, 9.17) is 15.7 Å². The van der Waals surface area contributed by atoms with E-state index in [1.54, 1.807) is 12.4 Å². The summed E-state index contributed by atoms with van der Waals surface area (Å²) in [5.74, 6) is 0.575. The number of aromatic nitrogens is 3. The highest BCUT2D eigenvalue weighted by atomic mass is 16.2.